The van der Waals surface area contributed by atoms with Crippen molar-refractivity contribution in [2.24, 2.45) is 0 Å². The zero-order valence-corrected chi connectivity index (χ0v) is 13.0. The maximum atomic E-state index is 5.83. The van der Waals surface area contributed by atoms with Crippen LogP contribution in [-0.4, -0.2) is 13.2 Å². The summed E-state index contributed by atoms with van der Waals surface area (Å²) < 4.78 is 12.5. The molecule has 0 atom stereocenters. The summed E-state index contributed by atoms with van der Waals surface area (Å²) >= 11 is 3.40. The van der Waals surface area contributed by atoms with Gasteiger partial charge in [-0.05, 0) is 35.7 Å². The summed E-state index contributed by atoms with van der Waals surface area (Å²) in [6, 6.07) is 22.1. The van der Waals surface area contributed by atoms with E-state index in [2.05, 4.69) is 34.1 Å². The molecule has 0 saturated carbocycles. The van der Waals surface area contributed by atoms with Gasteiger partial charge in [-0.1, -0.05) is 52.3 Å². The van der Waals surface area contributed by atoms with Gasteiger partial charge in [0.2, 0.25) is 0 Å². The highest BCUT2D eigenvalue weighted by Crippen LogP contribution is 2.25. The van der Waals surface area contributed by atoms with Crippen molar-refractivity contribution in [3.8, 4) is 11.5 Å². The van der Waals surface area contributed by atoms with Crippen molar-refractivity contribution in [1.82, 2.24) is 0 Å². The standard InChI is InChI=1S/C18H15BrO2/c19-15-8-10-16(11-9-15)20-12-13-21-18-7-3-5-14-4-1-2-6-17(14)18/h1-11H,12-13H2. The first kappa shape index (κ1) is 14.0. The number of hydrogen-bond donors (Lipinski definition) is 0. The van der Waals surface area contributed by atoms with Crippen LogP contribution < -0.4 is 9.47 Å². The fraction of sp³-hybridized carbons (Fsp3) is 0.111. The highest BCUT2D eigenvalue weighted by Gasteiger charge is 2.01. The Morgan fingerprint density at radius 3 is 2.29 bits per heavy atom. The average Bonchev–Trinajstić information content (AvgIpc) is 2.53. The third-order valence-electron chi connectivity index (χ3n) is 3.17. The molecule has 0 spiro atoms. The lowest BCUT2D eigenvalue weighted by molar-refractivity contribution is 0.218. The molecule has 0 fully saturated rings. The molecule has 0 bridgehead atoms. The van der Waals surface area contributed by atoms with Crippen LogP contribution in [0, 0.1) is 0 Å². The Balaban J connectivity index is 1.58. The SMILES string of the molecule is Brc1ccc(OCCOc2cccc3ccccc23)cc1. The Bertz CT molecular complexity index is 717. The molecule has 0 saturated heterocycles. The quantitative estimate of drug-likeness (QED) is 0.603. The molecule has 0 heterocycles. The number of ether oxygens (including phenoxy) is 2. The predicted molar refractivity (Wildman–Crippen MR) is 89.1 cm³/mol. The van der Waals surface area contributed by atoms with Gasteiger partial charge in [0.1, 0.15) is 24.7 Å². The molecule has 0 N–H and O–H groups in total. The zero-order chi connectivity index (χ0) is 14.5. The van der Waals surface area contributed by atoms with Gasteiger partial charge in [0.15, 0.2) is 0 Å². The number of hydrogen-bond acceptors (Lipinski definition) is 2. The lowest BCUT2D eigenvalue weighted by Gasteiger charge is -2.10. The Hall–Kier alpha value is -2.00. The monoisotopic (exact) mass is 342 g/mol. The van der Waals surface area contributed by atoms with Crippen LogP contribution in [0.3, 0.4) is 0 Å². The van der Waals surface area contributed by atoms with E-state index in [1.807, 2.05) is 48.5 Å². The summed E-state index contributed by atoms with van der Waals surface area (Å²) in [5.74, 6) is 1.74. The first-order chi connectivity index (χ1) is 10.3. The van der Waals surface area contributed by atoms with E-state index < -0.39 is 0 Å². The summed E-state index contributed by atoms with van der Waals surface area (Å²) in [5.41, 5.74) is 0. The molecule has 0 aliphatic heterocycles. The first-order valence-corrected chi connectivity index (χ1v) is 7.61. The molecule has 3 rings (SSSR count). The van der Waals surface area contributed by atoms with E-state index in [1.165, 1.54) is 5.39 Å². The second-order valence-electron chi connectivity index (χ2n) is 4.63. The molecule has 0 aliphatic carbocycles. The van der Waals surface area contributed by atoms with Gasteiger partial charge in [-0.15, -0.1) is 0 Å². The van der Waals surface area contributed by atoms with Crippen molar-refractivity contribution >= 4 is 26.7 Å². The molecule has 0 amide bonds. The van der Waals surface area contributed by atoms with Crippen LogP contribution in [0.25, 0.3) is 10.8 Å². The maximum absolute atomic E-state index is 5.83. The van der Waals surface area contributed by atoms with E-state index in [1.54, 1.807) is 0 Å². The normalized spacial score (nSPS) is 10.5. The molecule has 106 valence electrons. The van der Waals surface area contributed by atoms with E-state index in [9.17, 15) is 0 Å². The van der Waals surface area contributed by atoms with Crippen LogP contribution in [0.1, 0.15) is 0 Å². The maximum Gasteiger partial charge on any atom is 0.127 e. The molecule has 21 heavy (non-hydrogen) atoms. The molecule has 0 aliphatic rings. The van der Waals surface area contributed by atoms with Crippen molar-refractivity contribution in [2.75, 3.05) is 13.2 Å². The minimum atomic E-state index is 0.518. The average molecular weight is 343 g/mol. The van der Waals surface area contributed by atoms with E-state index in [-0.39, 0.29) is 0 Å². The fourth-order valence-electron chi connectivity index (χ4n) is 2.16. The predicted octanol–water partition coefficient (Wildman–Crippen LogP) is 5.06. The number of benzene rings is 3. The molecule has 2 nitrogen and oxygen atoms in total. The Morgan fingerprint density at radius 1 is 0.714 bits per heavy atom. The van der Waals surface area contributed by atoms with Crippen LogP contribution in [0.2, 0.25) is 0 Å². The van der Waals surface area contributed by atoms with Gasteiger partial charge in [0, 0.05) is 9.86 Å². The number of fused-ring (bicyclic) bond motifs is 1. The van der Waals surface area contributed by atoms with E-state index >= 15 is 0 Å². The van der Waals surface area contributed by atoms with Crippen molar-refractivity contribution < 1.29 is 9.47 Å². The van der Waals surface area contributed by atoms with Gasteiger partial charge in [0.25, 0.3) is 0 Å². The third-order valence-corrected chi connectivity index (χ3v) is 3.70. The molecule has 0 aromatic heterocycles. The molecule has 0 unspecified atom stereocenters. The lowest BCUT2D eigenvalue weighted by atomic mass is 10.1. The van der Waals surface area contributed by atoms with E-state index in [0.29, 0.717) is 13.2 Å². The highest BCUT2D eigenvalue weighted by molar-refractivity contribution is 9.10. The molecule has 3 heteroatoms. The summed E-state index contributed by atoms with van der Waals surface area (Å²) in [4.78, 5) is 0. The van der Waals surface area contributed by atoms with E-state index in [4.69, 9.17) is 9.47 Å². The van der Waals surface area contributed by atoms with Crippen molar-refractivity contribution in [2.45, 2.75) is 0 Å². The summed E-state index contributed by atoms with van der Waals surface area (Å²) in [6.07, 6.45) is 0. The minimum absolute atomic E-state index is 0.518. The Labute approximate surface area is 132 Å². The van der Waals surface area contributed by atoms with Crippen LogP contribution in [0.4, 0.5) is 0 Å². The van der Waals surface area contributed by atoms with Gasteiger partial charge in [0.05, 0.1) is 0 Å². The van der Waals surface area contributed by atoms with Gasteiger partial charge in [-0.25, -0.2) is 0 Å². The minimum Gasteiger partial charge on any atom is -0.490 e. The lowest BCUT2D eigenvalue weighted by Crippen LogP contribution is -2.09. The first-order valence-electron chi connectivity index (χ1n) is 6.82. The largest absolute Gasteiger partial charge is 0.490 e. The van der Waals surface area contributed by atoms with Crippen LogP contribution in [0.5, 0.6) is 11.5 Å². The van der Waals surface area contributed by atoms with Crippen molar-refractivity contribution in [1.29, 1.82) is 0 Å². The van der Waals surface area contributed by atoms with Gasteiger partial charge in [-0.2, -0.15) is 0 Å². The summed E-state index contributed by atoms with van der Waals surface area (Å²) in [6.45, 7) is 1.04. The van der Waals surface area contributed by atoms with Gasteiger partial charge in [-0.3, -0.25) is 0 Å². The Kier molecular flexibility index (Phi) is 4.41. The summed E-state index contributed by atoms with van der Waals surface area (Å²) in [7, 11) is 0. The van der Waals surface area contributed by atoms with Gasteiger partial charge < -0.3 is 9.47 Å². The van der Waals surface area contributed by atoms with Crippen molar-refractivity contribution in [3.63, 3.8) is 0 Å². The zero-order valence-electron chi connectivity index (χ0n) is 11.5. The van der Waals surface area contributed by atoms with E-state index in [0.717, 1.165) is 21.4 Å². The van der Waals surface area contributed by atoms with Crippen molar-refractivity contribution in [3.05, 3.63) is 71.2 Å². The molecule has 0 radical (unpaired) electrons. The molecular weight excluding hydrogens is 328 g/mol. The van der Waals surface area contributed by atoms with Gasteiger partial charge >= 0.3 is 0 Å². The van der Waals surface area contributed by atoms with Crippen LogP contribution in [0.15, 0.2) is 71.2 Å². The molecule has 3 aromatic rings. The smallest absolute Gasteiger partial charge is 0.127 e. The third kappa shape index (κ3) is 3.56. The van der Waals surface area contributed by atoms with Crippen LogP contribution in [-0.2, 0) is 0 Å². The topological polar surface area (TPSA) is 18.5 Å². The molecule has 3 aromatic carbocycles. The Morgan fingerprint density at radius 2 is 1.43 bits per heavy atom. The second-order valence-corrected chi connectivity index (χ2v) is 5.54. The summed E-state index contributed by atoms with van der Waals surface area (Å²) in [5, 5.41) is 2.31. The second kappa shape index (κ2) is 6.64. The fourth-order valence-corrected chi connectivity index (χ4v) is 2.43. The molecular formula is C18H15BrO2. The number of halogens is 1. The number of rotatable bonds is 5. The van der Waals surface area contributed by atoms with Crippen LogP contribution >= 0.6 is 15.9 Å². The highest BCUT2D eigenvalue weighted by atomic mass is 79.9.